The van der Waals surface area contributed by atoms with Crippen LogP contribution in [0.25, 0.3) is 0 Å². The average molecular weight is 253 g/mol. The van der Waals surface area contributed by atoms with E-state index in [1.807, 2.05) is 0 Å². The molecule has 0 bridgehead atoms. The molecule has 1 saturated heterocycles. The van der Waals surface area contributed by atoms with Gasteiger partial charge in [0.15, 0.2) is 0 Å². The van der Waals surface area contributed by atoms with Crippen LogP contribution in [0, 0.1) is 5.92 Å². The molecule has 5 nitrogen and oxygen atoms in total. The molecule has 1 aliphatic rings. The largest absolute Gasteiger partial charge is 0.385 e. The lowest BCUT2D eigenvalue weighted by Gasteiger charge is -2.15. The second-order valence-corrected chi connectivity index (χ2v) is 5.37. The van der Waals surface area contributed by atoms with Gasteiger partial charge in [-0.3, -0.25) is 4.79 Å². The standard InChI is InChI=1S/C9H16FNO4S/c1-15-4-2-3-11-6-8(5-9(11)12)7-16(10,13)14/h8H,2-7H2,1H3. The van der Waals surface area contributed by atoms with Crippen molar-refractivity contribution < 1.29 is 21.8 Å². The summed E-state index contributed by atoms with van der Waals surface area (Å²) in [6, 6.07) is 0. The third kappa shape index (κ3) is 4.44. The molecule has 0 radical (unpaired) electrons. The van der Waals surface area contributed by atoms with Crippen molar-refractivity contribution in [1.29, 1.82) is 0 Å². The number of halogens is 1. The molecule has 0 aliphatic carbocycles. The summed E-state index contributed by atoms with van der Waals surface area (Å²) in [5, 5.41) is 0. The number of methoxy groups -OCH3 is 1. The summed E-state index contributed by atoms with van der Waals surface area (Å²) in [7, 11) is -2.91. The van der Waals surface area contributed by atoms with E-state index in [0.717, 1.165) is 0 Å². The van der Waals surface area contributed by atoms with Gasteiger partial charge in [0.05, 0.1) is 5.75 Å². The first kappa shape index (κ1) is 13.4. The quantitative estimate of drug-likeness (QED) is 0.500. The Morgan fingerprint density at radius 3 is 2.81 bits per heavy atom. The molecule has 7 heteroatoms. The van der Waals surface area contributed by atoms with E-state index < -0.39 is 21.9 Å². The summed E-state index contributed by atoms with van der Waals surface area (Å²) in [5.74, 6) is -1.07. The summed E-state index contributed by atoms with van der Waals surface area (Å²) in [6.45, 7) is 1.41. The fraction of sp³-hybridized carbons (Fsp3) is 0.889. The van der Waals surface area contributed by atoms with Gasteiger partial charge in [-0.2, -0.15) is 8.42 Å². The van der Waals surface area contributed by atoms with Crippen LogP contribution >= 0.6 is 0 Å². The number of hydrogen-bond acceptors (Lipinski definition) is 4. The van der Waals surface area contributed by atoms with Crippen LogP contribution in [0.4, 0.5) is 3.89 Å². The third-order valence-electron chi connectivity index (χ3n) is 2.51. The Morgan fingerprint density at radius 1 is 1.56 bits per heavy atom. The third-order valence-corrected chi connectivity index (χ3v) is 3.38. The number of likely N-dealkylation sites (tertiary alicyclic amines) is 1. The molecule has 0 aromatic rings. The van der Waals surface area contributed by atoms with E-state index in [9.17, 15) is 17.1 Å². The zero-order valence-electron chi connectivity index (χ0n) is 9.19. The van der Waals surface area contributed by atoms with Gasteiger partial charge in [-0.05, 0) is 6.42 Å². The lowest BCUT2D eigenvalue weighted by atomic mass is 10.1. The molecular formula is C9H16FNO4S. The Hall–Kier alpha value is -0.690. The first-order valence-electron chi connectivity index (χ1n) is 5.11. The Morgan fingerprint density at radius 2 is 2.25 bits per heavy atom. The number of rotatable bonds is 6. The molecule has 0 spiro atoms. The van der Waals surface area contributed by atoms with Crippen molar-refractivity contribution in [2.75, 3.05) is 32.6 Å². The van der Waals surface area contributed by atoms with Gasteiger partial charge in [0.25, 0.3) is 0 Å². The summed E-state index contributed by atoms with van der Waals surface area (Å²) < 4.78 is 38.2. The topological polar surface area (TPSA) is 63.7 Å². The van der Waals surface area contributed by atoms with E-state index in [0.29, 0.717) is 26.1 Å². The number of carbonyl (C=O) groups is 1. The van der Waals surface area contributed by atoms with Crippen molar-refractivity contribution in [3.05, 3.63) is 0 Å². The Labute approximate surface area is 94.8 Å². The van der Waals surface area contributed by atoms with Crippen LogP contribution in [0.2, 0.25) is 0 Å². The van der Waals surface area contributed by atoms with Crippen molar-refractivity contribution in [1.82, 2.24) is 4.90 Å². The molecule has 94 valence electrons. The molecule has 16 heavy (non-hydrogen) atoms. The minimum atomic E-state index is -4.48. The average Bonchev–Trinajstić information content (AvgIpc) is 2.44. The summed E-state index contributed by atoms with van der Waals surface area (Å²) in [5.41, 5.74) is 0. The minimum absolute atomic E-state index is 0.107. The van der Waals surface area contributed by atoms with Gasteiger partial charge in [-0.25, -0.2) is 0 Å². The van der Waals surface area contributed by atoms with Crippen LogP contribution in [0.3, 0.4) is 0 Å². The van der Waals surface area contributed by atoms with Gasteiger partial charge in [0.2, 0.25) is 5.91 Å². The number of carbonyl (C=O) groups excluding carboxylic acids is 1. The van der Waals surface area contributed by atoms with Crippen molar-refractivity contribution >= 4 is 16.1 Å². The lowest BCUT2D eigenvalue weighted by molar-refractivity contribution is -0.127. The van der Waals surface area contributed by atoms with Crippen LogP contribution in [0.5, 0.6) is 0 Å². The van der Waals surface area contributed by atoms with E-state index in [2.05, 4.69) is 0 Å². The second kappa shape index (κ2) is 5.58. The molecule has 1 atom stereocenters. The predicted molar refractivity (Wildman–Crippen MR) is 56.1 cm³/mol. The summed E-state index contributed by atoms with van der Waals surface area (Å²) in [4.78, 5) is 13.0. The maximum absolute atomic E-state index is 12.4. The Kier molecular flexibility index (Phi) is 4.67. The first-order valence-corrected chi connectivity index (χ1v) is 6.66. The van der Waals surface area contributed by atoms with Gasteiger partial charge in [0, 0.05) is 39.1 Å². The van der Waals surface area contributed by atoms with Crippen molar-refractivity contribution in [2.24, 2.45) is 5.92 Å². The Balaban J connectivity index is 2.38. The Bertz CT molecular complexity index is 343. The SMILES string of the molecule is COCCCN1CC(CS(=O)(=O)F)CC1=O. The van der Waals surface area contributed by atoms with E-state index in [4.69, 9.17) is 4.74 Å². The van der Waals surface area contributed by atoms with E-state index in [1.165, 1.54) is 0 Å². The normalized spacial score (nSPS) is 21.8. The van der Waals surface area contributed by atoms with Crippen LogP contribution < -0.4 is 0 Å². The molecular weight excluding hydrogens is 237 g/mol. The van der Waals surface area contributed by atoms with E-state index in [-0.39, 0.29) is 12.3 Å². The maximum Gasteiger partial charge on any atom is 0.302 e. The molecule has 1 aliphatic heterocycles. The highest BCUT2D eigenvalue weighted by atomic mass is 32.3. The highest BCUT2D eigenvalue weighted by molar-refractivity contribution is 7.86. The van der Waals surface area contributed by atoms with Gasteiger partial charge in [-0.15, -0.1) is 3.89 Å². The number of ether oxygens (including phenoxy) is 1. The molecule has 0 saturated carbocycles. The lowest BCUT2D eigenvalue weighted by Crippen LogP contribution is -2.27. The van der Waals surface area contributed by atoms with Crippen LogP contribution in [0.15, 0.2) is 0 Å². The fourth-order valence-electron chi connectivity index (χ4n) is 1.86. The minimum Gasteiger partial charge on any atom is -0.385 e. The van der Waals surface area contributed by atoms with Crippen molar-refractivity contribution in [2.45, 2.75) is 12.8 Å². The molecule has 1 fully saturated rings. The molecule has 0 aromatic carbocycles. The number of amides is 1. The molecule has 0 N–H and O–H groups in total. The van der Waals surface area contributed by atoms with Gasteiger partial charge < -0.3 is 9.64 Å². The molecule has 0 aromatic heterocycles. The molecule has 1 rings (SSSR count). The van der Waals surface area contributed by atoms with Gasteiger partial charge in [0.1, 0.15) is 0 Å². The molecule has 1 unspecified atom stereocenters. The van der Waals surface area contributed by atoms with Gasteiger partial charge >= 0.3 is 10.2 Å². The zero-order chi connectivity index (χ0) is 12.2. The van der Waals surface area contributed by atoms with Crippen LogP contribution in [-0.4, -0.2) is 51.8 Å². The van der Waals surface area contributed by atoms with Crippen molar-refractivity contribution in [3.8, 4) is 0 Å². The number of hydrogen-bond donors (Lipinski definition) is 0. The number of nitrogens with zero attached hydrogens (tertiary/aromatic N) is 1. The highest BCUT2D eigenvalue weighted by Crippen LogP contribution is 2.20. The van der Waals surface area contributed by atoms with E-state index >= 15 is 0 Å². The van der Waals surface area contributed by atoms with Crippen LogP contribution in [-0.2, 0) is 19.8 Å². The first-order chi connectivity index (χ1) is 7.42. The van der Waals surface area contributed by atoms with E-state index in [1.54, 1.807) is 12.0 Å². The summed E-state index contributed by atoms with van der Waals surface area (Å²) in [6.07, 6.45) is 0.827. The second-order valence-electron chi connectivity index (χ2n) is 3.96. The monoisotopic (exact) mass is 253 g/mol. The molecule has 1 heterocycles. The van der Waals surface area contributed by atoms with Crippen molar-refractivity contribution in [3.63, 3.8) is 0 Å². The zero-order valence-corrected chi connectivity index (χ0v) is 10.0. The maximum atomic E-state index is 12.4. The molecule has 1 amide bonds. The van der Waals surface area contributed by atoms with Crippen LogP contribution in [0.1, 0.15) is 12.8 Å². The fourth-order valence-corrected chi connectivity index (χ4v) is 2.65. The summed E-state index contributed by atoms with van der Waals surface area (Å²) >= 11 is 0. The predicted octanol–water partition coefficient (Wildman–Crippen LogP) is 0.171. The highest BCUT2D eigenvalue weighted by Gasteiger charge is 2.32. The van der Waals surface area contributed by atoms with Gasteiger partial charge in [-0.1, -0.05) is 0 Å². The smallest absolute Gasteiger partial charge is 0.302 e.